The Morgan fingerprint density at radius 3 is 3.00 bits per heavy atom. The van der Waals surface area contributed by atoms with Crippen LogP contribution < -0.4 is 5.32 Å². The number of amides is 1. The van der Waals surface area contributed by atoms with E-state index >= 15 is 0 Å². The zero-order valence-corrected chi connectivity index (χ0v) is 7.62. The van der Waals surface area contributed by atoms with Gasteiger partial charge in [-0.2, -0.15) is 0 Å². The van der Waals surface area contributed by atoms with E-state index in [2.05, 4.69) is 5.32 Å². The predicted octanol–water partition coefficient (Wildman–Crippen LogP) is -0.719. The third kappa shape index (κ3) is 2.42. The molecule has 0 aromatic heterocycles. The molecule has 0 aliphatic carbocycles. The summed E-state index contributed by atoms with van der Waals surface area (Å²) in [6.45, 7) is 3.00. The van der Waals surface area contributed by atoms with E-state index in [1.54, 1.807) is 4.90 Å². The highest BCUT2D eigenvalue weighted by atomic mass is 16.4. The Labute approximate surface area is 76.7 Å². The number of carbonyl (C=O) groups excluding carboxylic acids is 1. The summed E-state index contributed by atoms with van der Waals surface area (Å²) in [5.74, 6) is -0.942. The minimum absolute atomic E-state index is 0.0497. The lowest BCUT2D eigenvalue weighted by Gasteiger charge is -2.32. The van der Waals surface area contributed by atoms with E-state index in [-0.39, 0.29) is 18.5 Å². The maximum atomic E-state index is 11.3. The molecule has 0 aromatic rings. The molecule has 0 saturated carbocycles. The van der Waals surface area contributed by atoms with Crippen molar-refractivity contribution < 1.29 is 14.7 Å². The van der Waals surface area contributed by atoms with Crippen LogP contribution in [0, 0.1) is 0 Å². The lowest BCUT2D eigenvalue weighted by Crippen LogP contribution is -2.56. The summed E-state index contributed by atoms with van der Waals surface area (Å²) < 4.78 is 0. The van der Waals surface area contributed by atoms with Crippen LogP contribution in [0.25, 0.3) is 0 Å². The predicted molar refractivity (Wildman–Crippen MR) is 46.3 cm³/mol. The van der Waals surface area contributed by atoms with Crippen molar-refractivity contribution >= 4 is 11.9 Å². The molecule has 1 fully saturated rings. The normalized spacial score (nSPS) is 24.1. The zero-order valence-electron chi connectivity index (χ0n) is 7.62. The van der Waals surface area contributed by atoms with Gasteiger partial charge >= 0.3 is 5.97 Å². The van der Waals surface area contributed by atoms with Crippen LogP contribution in [0.5, 0.6) is 0 Å². The smallest absolute Gasteiger partial charge is 0.317 e. The van der Waals surface area contributed by atoms with Crippen molar-refractivity contribution in [1.82, 2.24) is 10.2 Å². The van der Waals surface area contributed by atoms with Gasteiger partial charge in [-0.05, 0) is 6.42 Å². The molecule has 1 rings (SSSR count). The van der Waals surface area contributed by atoms with Crippen LogP contribution in [-0.4, -0.2) is 47.6 Å². The lowest BCUT2D eigenvalue weighted by atomic mass is 10.1. The highest BCUT2D eigenvalue weighted by Crippen LogP contribution is 2.07. The van der Waals surface area contributed by atoms with E-state index in [9.17, 15) is 9.59 Å². The molecule has 0 spiro atoms. The third-order valence-corrected chi connectivity index (χ3v) is 2.17. The van der Waals surface area contributed by atoms with Crippen LogP contribution in [0.1, 0.15) is 13.3 Å². The molecule has 0 aromatic carbocycles. The summed E-state index contributed by atoms with van der Waals surface area (Å²) in [5, 5.41) is 11.3. The van der Waals surface area contributed by atoms with Crippen molar-refractivity contribution in [2.45, 2.75) is 19.4 Å². The number of hydrogen-bond donors (Lipinski definition) is 2. The SMILES string of the molecule is CCC1C(=O)NCCN1CC(=O)O. The Kier molecular flexibility index (Phi) is 3.25. The molecular weight excluding hydrogens is 172 g/mol. The first-order valence-electron chi connectivity index (χ1n) is 4.38. The first-order chi connectivity index (χ1) is 6.15. The van der Waals surface area contributed by atoms with Gasteiger partial charge in [0.2, 0.25) is 5.91 Å². The van der Waals surface area contributed by atoms with E-state index in [0.717, 1.165) is 0 Å². The molecule has 1 aliphatic rings. The second-order valence-corrected chi connectivity index (χ2v) is 3.08. The highest BCUT2D eigenvalue weighted by molar-refractivity contribution is 5.83. The zero-order chi connectivity index (χ0) is 9.84. The summed E-state index contributed by atoms with van der Waals surface area (Å²) in [4.78, 5) is 23.4. The number of piperazine rings is 1. The monoisotopic (exact) mass is 186 g/mol. The van der Waals surface area contributed by atoms with Crippen LogP contribution in [0.3, 0.4) is 0 Å². The molecule has 5 nitrogen and oxygen atoms in total. The third-order valence-electron chi connectivity index (χ3n) is 2.17. The fraction of sp³-hybridized carbons (Fsp3) is 0.750. The number of carboxylic acid groups (broad SMARTS) is 1. The molecule has 13 heavy (non-hydrogen) atoms. The molecule has 1 atom stereocenters. The van der Waals surface area contributed by atoms with Gasteiger partial charge in [0, 0.05) is 13.1 Å². The van der Waals surface area contributed by atoms with Gasteiger partial charge in [-0.3, -0.25) is 14.5 Å². The minimum Gasteiger partial charge on any atom is -0.480 e. The van der Waals surface area contributed by atoms with Crippen LogP contribution in [0.15, 0.2) is 0 Å². The summed E-state index contributed by atoms with van der Waals surface area (Å²) in [7, 11) is 0. The van der Waals surface area contributed by atoms with Crippen LogP contribution in [-0.2, 0) is 9.59 Å². The number of rotatable bonds is 3. The molecule has 2 N–H and O–H groups in total. The number of aliphatic carboxylic acids is 1. The number of nitrogens with one attached hydrogen (secondary N) is 1. The largest absolute Gasteiger partial charge is 0.480 e. The number of carboxylic acids is 1. The average molecular weight is 186 g/mol. The number of hydrogen-bond acceptors (Lipinski definition) is 3. The highest BCUT2D eigenvalue weighted by Gasteiger charge is 2.28. The first-order valence-corrected chi connectivity index (χ1v) is 4.38. The summed E-state index contributed by atoms with van der Waals surface area (Å²) in [5.41, 5.74) is 0. The van der Waals surface area contributed by atoms with Crippen molar-refractivity contribution in [2.24, 2.45) is 0 Å². The summed E-state index contributed by atoms with van der Waals surface area (Å²) in [6.07, 6.45) is 0.652. The van der Waals surface area contributed by atoms with Gasteiger partial charge in [0.15, 0.2) is 0 Å². The number of nitrogens with zero attached hydrogens (tertiary/aromatic N) is 1. The number of carbonyl (C=O) groups is 2. The van der Waals surface area contributed by atoms with E-state index in [4.69, 9.17) is 5.11 Å². The van der Waals surface area contributed by atoms with Crippen LogP contribution >= 0.6 is 0 Å². The fourth-order valence-corrected chi connectivity index (χ4v) is 1.57. The van der Waals surface area contributed by atoms with Crippen molar-refractivity contribution in [3.63, 3.8) is 0 Å². The van der Waals surface area contributed by atoms with E-state index in [1.165, 1.54) is 0 Å². The van der Waals surface area contributed by atoms with Gasteiger partial charge in [0.25, 0.3) is 0 Å². The van der Waals surface area contributed by atoms with Crippen LogP contribution in [0.2, 0.25) is 0 Å². The Balaban J connectivity index is 2.59. The second-order valence-electron chi connectivity index (χ2n) is 3.08. The minimum atomic E-state index is -0.881. The average Bonchev–Trinajstić information content (AvgIpc) is 2.03. The Morgan fingerprint density at radius 2 is 2.46 bits per heavy atom. The van der Waals surface area contributed by atoms with Crippen molar-refractivity contribution in [3.8, 4) is 0 Å². The molecule has 0 bridgehead atoms. The van der Waals surface area contributed by atoms with E-state index < -0.39 is 5.97 Å². The van der Waals surface area contributed by atoms with Gasteiger partial charge in [0.05, 0.1) is 12.6 Å². The fourth-order valence-electron chi connectivity index (χ4n) is 1.57. The second kappa shape index (κ2) is 4.23. The molecule has 5 heteroatoms. The van der Waals surface area contributed by atoms with Crippen molar-refractivity contribution in [1.29, 1.82) is 0 Å². The van der Waals surface area contributed by atoms with Crippen molar-refractivity contribution in [2.75, 3.05) is 19.6 Å². The molecule has 1 unspecified atom stereocenters. The van der Waals surface area contributed by atoms with E-state index in [0.29, 0.717) is 19.5 Å². The molecule has 1 aliphatic heterocycles. The molecule has 74 valence electrons. The van der Waals surface area contributed by atoms with Gasteiger partial charge in [-0.1, -0.05) is 6.92 Å². The standard InChI is InChI=1S/C8H14N2O3/c1-2-6-8(13)9-3-4-10(6)5-7(11)12/h6H,2-5H2,1H3,(H,9,13)(H,11,12). The van der Waals surface area contributed by atoms with Gasteiger partial charge in [-0.15, -0.1) is 0 Å². The summed E-state index contributed by atoms with van der Waals surface area (Å²) >= 11 is 0. The quantitative estimate of drug-likeness (QED) is 0.610. The maximum Gasteiger partial charge on any atom is 0.317 e. The maximum absolute atomic E-state index is 11.3. The summed E-state index contributed by atoms with van der Waals surface area (Å²) in [6, 6.07) is -0.273. The van der Waals surface area contributed by atoms with Gasteiger partial charge in [0.1, 0.15) is 0 Å². The van der Waals surface area contributed by atoms with Gasteiger partial charge < -0.3 is 10.4 Å². The lowest BCUT2D eigenvalue weighted by molar-refractivity contribution is -0.141. The molecule has 0 radical (unpaired) electrons. The van der Waals surface area contributed by atoms with Crippen molar-refractivity contribution in [3.05, 3.63) is 0 Å². The Bertz CT molecular complexity index is 217. The Hall–Kier alpha value is -1.10. The molecule has 1 heterocycles. The van der Waals surface area contributed by atoms with Crippen LogP contribution in [0.4, 0.5) is 0 Å². The molecular formula is C8H14N2O3. The Morgan fingerprint density at radius 1 is 1.77 bits per heavy atom. The first kappa shape index (κ1) is 9.98. The topological polar surface area (TPSA) is 69.6 Å². The molecule has 1 saturated heterocycles. The van der Waals surface area contributed by atoms with E-state index in [1.807, 2.05) is 6.92 Å². The van der Waals surface area contributed by atoms with Gasteiger partial charge in [-0.25, -0.2) is 0 Å². The molecule has 1 amide bonds.